The van der Waals surface area contributed by atoms with Crippen molar-refractivity contribution in [1.82, 2.24) is 13.9 Å². The number of fused-ring (bicyclic) bond motifs is 3. The molecule has 2 aromatic carbocycles. The van der Waals surface area contributed by atoms with E-state index in [0.29, 0.717) is 48.9 Å². The van der Waals surface area contributed by atoms with Crippen LogP contribution < -0.4 is 14.4 Å². The lowest BCUT2D eigenvalue weighted by molar-refractivity contribution is -0.148. The van der Waals surface area contributed by atoms with Crippen molar-refractivity contribution >= 4 is 39.3 Å². The molecule has 4 atom stereocenters. The van der Waals surface area contributed by atoms with E-state index in [0.717, 1.165) is 47.5 Å². The SMILES string of the molecule is CN1CCC/C=C/[C@H](O)[C@@H]2CC[C@H]2CN2CCCCc3cc(Cl)ccc3COc3ccc(cc32)[C@](O)(C(=O)NS(=O)(=O)N(C)C)CC1=O. The van der Waals surface area contributed by atoms with Crippen LogP contribution in [0.25, 0.3) is 0 Å². The average Bonchev–Trinajstić information content (AvgIpc) is 3.05. The fraction of sp³-hybridized carbons (Fsp3) is 0.543. The molecule has 262 valence electrons. The molecule has 0 radical (unpaired) electrons. The van der Waals surface area contributed by atoms with Crippen LogP contribution in [-0.2, 0) is 38.4 Å². The van der Waals surface area contributed by atoms with Gasteiger partial charge in [-0.1, -0.05) is 35.9 Å². The van der Waals surface area contributed by atoms with Gasteiger partial charge in [0.15, 0.2) is 5.60 Å². The van der Waals surface area contributed by atoms with Crippen LogP contribution in [0.1, 0.15) is 61.6 Å². The Morgan fingerprint density at radius 1 is 1.08 bits per heavy atom. The minimum atomic E-state index is -4.29. The average molecular weight is 703 g/mol. The van der Waals surface area contributed by atoms with Crippen LogP contribution in [0.4, 0.5) is 5.69 Å². The molecule has 1 aliphatic carbocycles. The first-order valence-electron chi connectivity index (χ1n) is 16.6. The molecule has 0 aromatic heterocycles. The smallest absolute Gasteiger partial charge is 0.303 e. The lowest BCUT2D eigenvalue weighted by Gasteiger charge is -2.43. The molecule has 13 heteroatoms. The number of anilines is 1. The highest BCUT2D eigenvalue weighted by atomic mass is 35.5. The fourth-order valence-corrected chi connectivity index (χ4v) is 7.44. The van der Waals surface area contributed by atoms with Crippen LogP contribution in [0, 0.1) is 11.8 Å². The molecular formula is C35H47ClN4O7S. The Balaban J connectivity index is 1.62. The molecule has 11 nitrogen and oxygen atoms in total. The van der Waals surface area contributed by atoms with E-state index in [9.17, 15) is 28.2 Å². The normalized spacial score (nSPS) is 26.6. The summed E-state index contributed by atoms with van der Waals surface area (Å²) in [5.74, 6) is -0.963. The Kier molecular flexibility index (Phi) is 11.4. The van der Waals surface area contributed by atoms with Crippen molar-refractivity contribution in [2.75, 3.05) is 45.7 Å². The molecule has 48 heavy (non-hydrogen) atoms. The van der Waals surface area contributed by atoms with E-state index < -0.39 is 40.1 Å². The summed E-state index contributed by atoms with van der Waals surface area (Å²) < 4.78 is 34.7. The molecule has 2 aromatic rings. The highest BCUT2D eigenvalue weighted by Gasteiger charge is 2.44. The van der Waals surface area contributed by atoms with E-state index in [4.69, 9.17) is 16.3 Å². The number of halogens is 1. The number of allylic oxidation sites excluding steroid dienone is 1. The van der Waals surface area contributed by atoms with Gasteiger partial charge in [-0.15, -0.1) is 0 Å². The highest BCUT2D eigenvalue weighted by Crippen LogP contribution is 2.42. The molecule has 0 saturated heterocycles. The molecule has 3 N–H and O–H groups in total. The number of hydrogen-bond donors (Lipinski definition) is 3. The number of aliphatic hydroxyl groups is 2. The molecule has 1 fully saturated rings. The number of carbonyl (C=O) groups excluding carboxylic acids is 2. The largest absolute Gasteiger partial charge is 0.487 e. The van der Waals surface area contributed by atoms with Gasteiger partial charge in [-0.05, 0) is 97.7 Å². The summed E-state index contributed by atoms with van der Waals surface area (Å²) in [5.41, 5.74) is 0.281. The molecule has 2 aliphatic heterocycles. The third kappa shape index (κ3) is 8.16. The van der Waals surface area contributed by atoms with Crippen molar-refractivity contribution in [3.63, 3.8) is 0 Å². The van der Waals surface area contributed by atoms with Crippen LogP contribution in [0.2, 0.25) is 5.02 Å². The van der Waals surface area contributed by atoms with Crippen molar-refractivity contribution in [2.45, 2.75) is 69.7 Å². The van der Waals surface area contributed by atoms with Crippen molar-refractivity contribution in [3.8, 4) is 5.75 Å². The molecule has 3 aliphatic rings. The van der Waals surface area contributed by atoms with Crippen molar-refractivity contribution in [3.05, 3.63) is 70.3 Å². The van der Waals surface area contributed by atoms with Gasteiger partial charge in [-0.25, -0.2) is 4.72 Å². The number of aryl methyl sites for hydroxylation is 1. The zero-order valence-electron chi connectivity index (χ0n) is 27.9. The zero-order valence-corrected chi connectivity index (χ0v) is 29.5. The molecule has 2 heterocycles. The summed E-state index contributed by atoms with van der Waals surface area (Å²) in [4.78, 5) is 30.9. The van der Waals surface area contributed by atoms with Gasteiger partial charge in [0.1, 0.15) is 12.4 Å². The number of benzene rings is 2. The Hall–Kier alpha value is -3.16. The summed E-state index contributed by atoms with van der Waals surface area (Å²) in [6, 6.07) is 10.6. The number of nitrogens with zero attached hydrogens (tertiary/aromatic N) is 3. The van der Waals surface area contributed by atoms with Crippen LogP contribution in [-0.4, -0.2) is 86.5 Å². The summed E-state index contributed by atoms with van der Waals surface area (Å²) in [6.07, 6.45) is 8.16. The van der Waals surface area contributed by atoms with Crippen LogP contribution >= 0.6 is 11.6 Å². The Morgan fingerprint density at radius 3 is 2.60 bits per heavy atom. The predicted molar refractivity (Wildman–Crippen MR) is 185 cm³/mol. The minimum Gasteiger partial charge on any atom is -0.487 e. The molecule has 2 amide bonds. The molecular weight excluding hydrogens is 656 g/mol. The van der Waals surface area contributed by atoms with Crippen molar-refractivity contribution in [1.29, 1.82) is 0 Å². The van der Waals surface area contributed by atoms with E-state index >= 15 is 0 Å². The van der Waals surface area contributed by atoms with Gasteiger partial charge < -0.3 is 24.7 Å². The molecule has 0 unspecified atom stereocenters. The number of hydrogen-bond acceptors (Lipinski definition) is 8. The third-order valence-corrected chi connectivity index (χ3v) is 11.6. The first-order chi connectivity index (χ1) is 22.8. The minimum absolute atomic E-state index is 0.0706. The topological polar surface area (TPSA) is 140 Å². The zero-order chi connectivity index (χ0) is 34.6. The van der Waals surface area contributed by atoms with Gasteiger partial charge in [0.25, 0.3) is 5.91 Å². The lowest BCUT2D eigenvalue weighted by Crippen LogP contribution is -2.51. The van der Waals surface area contributed by atoms with E-state index in [1.54, 1.807) is 19.2 Å². The van der Waals surface area contributed by atoms with Gasteiger partial charge in [-0.2, -0.15) is 12.7 Å². The summed E-state index contributed by atoms with van der Waals surface area (Å²) in [5, 5.41) is 23.9. The third-order valence-electron chi connectivity index (χ3n) is 9.93. The first-order valence-corrected chi connectivity index (χ1v) is 18.5. The van der Waals surface area contributed by atoms with Gasteiger partial charge >= 0.3 is 10.2 Å². The van der Waals surface area contributed by atoms with Crippen LogP contribution in [0.5, 0.6) is 5.75 Å². The lowest BCUT2D eigenvalue weighted by atomic mass is 9.70. The van der Waals surface area contributed by atoms with Gasteiger partial charge in [0.05, 0.1) is 18.2 Å². The van der Waals surface area contributed by atoms with Crippen LogP contribution in [0.15, 0.2) is 48.6 Å². The second-order valence-electron chi connectivity index (χ2n) is 13.4. The molecule has 2 bridgehead atoms. The second-order valence-corrected chi connectivity index (χ2v) is 15.7. The highest BCUT2D eigenvalue weighted by molar-refractivity contribution is 7.87. The van der Waals surface area contributed by atoms with E-state index in [1.165, 1.54) is 25.1 Å². The number of carbonyl (C=O) groups is 2. The predicted octanol–water partition coefficient (Wildman–Crippen LogP) is 3.76. The molecule has 1 saturated carbocycles. The number of ether oxygens (including phenoxy) is 1. The number of nitrogens with one attached hydrogen (secondary N) is 1. The molecule has 5 rings (SSSR count). The summed E-state index contributed by atoms with van der Waals surface area (Å²) in [6.45, 7) is 1.84. The maximum atomic E-state index is 13.8. The van der Waals surface area contributed by atoms with Crippen molar-refractivity contribution in [2.24, 2.45) is 11.8 Å². The standard InChI is InChI=1S/C35H47ClN4O7S/c1-38(2)48(45,46)37-34(43)35(44)21-33(42)39(3)17-7-4-5-10-31(41)29-15-12-25(29)22-40-18-8-6-9-24-19-28(36)14-11-26(24)23-47-32-16-13-27(35)20-30(32)40/h5,10-11,13-14,16,19-20,25,29,31,41,44H,4,6-9,12,15,17-18,21-23H2,1-3H3,(H,37,43)/b10-5+/t25-,29+,31-,35-/m0/s1. The van der Waals surface area contributed by atoms with E-state index in [1.807, 2.05) is 35.1 Å². The monoisotopic (exact) mass is 702 g/mol. The summed E-state index contributed by atoms with van der Waals surface area (Å²) >= 11 is 6.34. The maximum Gasteiger partial charge on any atom is 0.303 e. The fourth-order valence-electron chi connectivity index (χ4n) is 6.66. The number of amides is 2. The number of aliphatic hydroxyl groups excluding tert-OH is 1. The van der Waals surface area contributed by atoms with Gasteiger partial charge in [-0.3, -0.25) is 9.59 Å². The summed E-state index contributed by atoms with van der Waals surface area (Å²) in [7, 11) is -0.178. The Bertz CT molecular complexity index is 1630. The quantitative estimate of drug-likeness (QED) is 0.411. The maximum absolute atomic E-state index is 13.8. The molecule has 0 spiro atoms. The first kappa shape index (κ1) is 36.1. The number of rotatable bonds is 3. The van der Waals surface area contributed by atoms with Gasteiger partial charge in [0, 0.05) is 45.8 Å². The van der Waals surface area contributed by atoms with Crippen LogP contribution in [0.3, 0.4) is 0 Å². The Morgan fingerprint density at radius 2 is 1.88 bits per heavy atom. The second kappa shape index (κ2) is 15.2. The van der Waals surface area contributed by atoms with Gasteiger partial charge in [0.2, 0.25) is 5.91 Å². The van der Waals surface area contributed by atoms with E-state index in [-0.39, 0.29) is 24.0 Å². The van der Waals surface area contributed by atoms with Crippen molar-refractivity contribution < 1.29 is 33.0 Å². The van der Waals surface area contributed by atoms with E-state index in [2.05, 4.69) is 4.90 Å². The Labute approximate surface area is 288 Å².